The van der Waals surface area contributed by atoms with Gasteiger partial charge in [0.15, 0.2) is 0 Å². The zero-order chi connectivity index (χ0) is 13.5. The van der Waals surface area contributed by atoms with Crippen molar-refractivity contribution >= 4 is 5.69 Å². The van der Waals surface area contributed by atoms with E-state index in [-0.39, 0.29) is 0 Å². The van der Waals surface area contributed by atoms with Crippen LogP contribution in [0.25, 0.3) is 0 Å². The van der Waals surface area contributed by atoms with Gasteiger partial charge in [0.2, 0.25) is 0 Å². The van der Waals surface area contributed by atoms with Crippen LogP contribution in [0.1, 0.15) is 23.6 Å². The largest absolute Gasteiger partial charge is 0.381 e. The minimum atomic E-state index is 0.653. The molecule has 2 aromatic rings. The molecule has 0 heterocycles. The number of benzene rings is 2. The maximum Gasteiger partial charge on any atom is 0.0713 e. The predicted molar refractivity (Wildman–Crippen MR) is 80.3 cm³/mol. The monoisotopic (exact) mass is 255 g/mol. The number of methoxy groups -OCH3 is 1. The number of aryl methyl sites for hydroxylation is 1. The SMILES string of the molecule is CCc1ccc(CNc2cccc(COC)c2)cc1. The fourth-order valence-corrected chi connectivity index (χ4v) is 2.03. The summed E-state index contributed by atoms with van der Waals surface area (Å²) in [4.78, 5) is 0. The molecule has 2 heteroatoms. The Balaban J connectivity index is 1.95. The molecule has 0 atom stereocenters. The summed E-state index contributed by atoms with van der Waals surface area (Å²) in [7, 11) is 1.72. The summed E-state index contributed by atoms with van der Waals surface area (Å²) in [5, 5.41) is 3.44. The molecule has 19 heavy (non-hydrogen) atoms. The van der Waals surface area contributed by atoms with Gasteiger partial charge >= 0.3 is 0 Å². The van der Waals surface area contributed by atoms with Gasteiger partial charge in [-0.2, -0.15) is 0 Å². The third-order valence-corrected chi connectivity index (χ3v) is 3.17. The lowest BCUT2D eigenvalue weighted by Gasteiger charge is -2.09. The van der Waals surface area contributed by atoms with E-state index in [1.807, 2.05) is 0 Å². The van der Waals surface area contributed by atoms with E-state index in [1.165, 1.54) is 16.7 Å². The van der Waals surface area contributed by atoms with Crippen molar-refractivity contribution < 1.29 is 4.74 Å². The van der Waals surface area contributed by atoms with Crippen molar-refractivity contribution in [3.05, 3.63) is 65.2 Å². The smallest absolute Gasteiger partial charge is 0.0713 e. The lowest BCUT2D eigenvalue weighted by molar-refractivity contribution is 0.185. The first-order valence-electron chi connectivity index (χ1n) is 6.71. The predicted octanol–water partition coefficient (Wildman–Crippen LogP) is 4.01. The number of nitrogens with one attached hydrogen (secondary N) is 1. The first-order valence-corrected chi connectivity index (χ1v) is 6.71. The first-order chi connectivity index (χ1) is 9.31. The summed E-state index contributed by atoms with van der Waals surface area (Å²) >= 11 is 0. The van der Waals surface area contributed by atoms with E-state index in [9.17, 15) is 0 Å². The molecule has 0 saturated carbocycles. The van der Waals surface area contributed by atoms with Crippen molar-refractivity contribution in [1.82, 2.24) is 0 Å². The van der Waals surface area contributed by atoms with Gasteiger partial charge in [0, 0.05) is 19.3 Å². The van der Waals surface area contributed by atoms with E-state index in [0.29, 0.717) is 6.61 Å². The molecule has 0 saturated heterocycles. The molecule has 0 fully saturated rings. The van der Waals surface area contributed by atoms with Crippen molar-refractivity contribution in [3.8, 4) is 0 Å². The molecule has 0 spiro atoms. The van der Waals surface area contributed by atoms with E-state index < -0.39 is 0 Å². The topological polar surface area (TPSA) is 21.3 Å². The van der Waals surface area contributed by atoms with Gasteiger partial charge in [-0.3, -0.25) is 0 Å². The molecule has 0 amide bonds. The highest BCUT2D eigenvalue weighted by atomic mass is 16.5. The van der Waals surface area contributed by atoms with Crippen LogP contribution in [0.15, 0.2) is 48.5 Å². The molecule has 2 rings (SSSR count). The highest BCUT2D eigenvalue weighted by Crippen LogP contribution is 2.13. The fourth-order valence-electron chi connectivity index (χ4n) is 2.03. The molecular formula is C17H21NO. The molecule has 0 aliphatic heterocycles. The minimum Gasteiger partial charge on any atom is -0.381 e. The van der Waals surface area contributed by atoms with Crippen molar-refractivity contribution in [2.24, 2.45) is 0 Å². The molecule has 0 aromatic heterocycles. The zero-order valence-corrected chi connectivity index (χ0v) is 11.6. The second-order valence-electron chi connectivity index (χ2n) is 4.66. The van der Waals surface area contributed by atoms with Crippen LogP contribution >= 0.6 is 0 Å². The molecule has 0 aliphatic rings. The summed E-state index contributed by atoms with van der Waals surface area (Å²) in [5.74, 6) is 0. The summed E-state index contributed by atoms with van der Waals surface area (Å²) in [6.45, 7) is 3.68. The molecule has 0 bridgehead atoms. The Morgan fingerprint density at radius 1 is 0.947 bits per heavy atom. The van der Waals surface area contributed by atoms with Gasteiger partial charge in [0.25, 0.3) is 0 Å². The standard InChI is InChI=1S/C17H21NO/c1-3-14-7-9-15(10-8-14)12-18-17-6-4-5-16(11-17)13-19-2/h4-11,18H,3,12-13H2,1-2H3. The van der Waals surface area contributed by atoms with Crippen LogP contribution in [0.2, 0.25) is 0 Å². The van der Waals surface area contributed by atoms with Crippen LogP contribution in [-0.2, 0) is 24.3 Å². The Labute approximate surface area is 115 Å². The maximum atomic E-state index is 5.14. The van der Waals surface area contributed by atoms with Crippen LogP contribution in [0.4, 0.5) is 5.69 Å². The lowest BCUT2D eigenvalue weighted by Crippen LogP contribution is -2.00. The van der Waals surface area contributed by atoms with Crippen molar-refractivity contribution in [3.63, 3.8) is 0 Å². The molecule has 0 unspecified atom stereocenters. The summed E-state index contributed by atoms with van der Waals surface area (Å²) in [6.07, 6.45) is 1.09. The third kappa shape index (κ3) is 4.11. The van der Waals surface area contributed by atoms with Gasteiger partial charge in [0.1, 0.15) is 0 Å². The van der Waals surface area contributed by atoms with Gasteiger partial charge in [-0.05, 0) is 35.2 Å². The second-order valence-corrected chi connectivity index (χ2v) is 4.66. The molecule has 100 valence electrons. The van der Waals surface area contributed by atoms with Crippen LogP contribution in [0.3, 0.4) is 0 Å². The van der Waals surface area contributed by atoms with Gasteiger partial charge in [-0.25, -0.2) is 0 Å². The minimum absolute atomic E-state index is 0.653. The number of hydrogen-bond acceptors (Lipinski definition) is 2. The van der Waals surface area contributed by atoms with Crippen LogP contribution < -0.4 is 5.32 Å². The Morgan fingerprint density at radius 2 is 1.68 bits per heavy atom. The molecule has 0 aliphatic carbocycles. The van der Waals surface area contributed by atoms with E-state index in [2.05, 4.69) is 60.8 Å². The van der Waals surface area contributed by atoms with Crippen molar-refractivity contribution in [2.45, 2.75) is 26.5 Å². The van der Waals surface area contributed by atoms with E-state index in [4.69, 9.17) is 4.74 Å². The number of anilines is 1. The zero-order valence-electron chi connectivity index (χ0n) is 11.6. The second kappa shape index (κ2) is 6.95. The summed E-state index contributed by atoms with van der Waals surface area (Å²) in [5.41, 5.74) is 5.00. The van der Waals surface area contributed by atoms with Gasteiger partial charge in [0.05, 0.1) is 6.61 Å². The number of hydrogen-bond donors (Lipinski definition) is 1. The Hall–Kier alpha value is -1.80. The molecular weight excluding hydrogens is 234 g/mol. The Bertz CT molecular complexity index is 505. The fraction of sp³-hybridized carbons (Fsp3) is 0.294. The molecule has 2 aromatic carbocycles. The number of rotatable bonds is 6. The van der Waals surface area contributed by atoms with Crippen LogP contribution in [-0.4, -0.2) is 7.11 Å². The molecule has 0 radical (unpaired) electrons. The van der Waals surface area contributed by atoms with E-state index in [0.717, 1.165) is 18.7 Å². The van der Waals surface area contributed by atoms with Crippen molar-refractivity contribution in [1.29, 1.82) is 0 Å². The van der Waals surface area contributed by atoms with Gasteiger partial charge in [-0.15, -0.1) is 0 Å². The normalized spacial score (nSPS) is 10.4. The Morgan fingerprint density at radius 3 is 2.37 bits per heavy atom. The highest BCUT2D eigenvalue weighted by Gasteiger charge is 1.97. The Kier molecular flexibility index (Phi) is 4.99. The van der Waals surface area contributed by atoms with E-state index in [1.54, 1.807) is 7.11 Å². The van der Waals surface area contributed by atoms with Crippen LogP contribution in [0, 0.1) is 0 Å². The van der Waals surface area contributed by atoms with Gasteiger partial charge in [-0.1, -0.05) is 43.3 Å². The lowest BCUT2D eigenvalue weighted by atomic mass is 10.1. The van der Waals surface area contributed by atoms with Crippen molar-refractivity contribution in [2.75, 3.05) is 12.4 Å². The summed E-state index contributed by atoms with van der Waals surface area (Å²) < 4.78 is 5.14. The van der Waals surface area contributed by atoms with Gasteiger partial charge < -0.3 is 10.1 Å². The highest BCUT2D eigenvalue weighted by molar-refractivity contribution is 5.46. The molecule has 1 N–H and O–H groups in total. The average Bonchev–Trinajstić information content (AvgIpc) is 2.46. The quantitative estimate of drug-likeness (QED) is 0.842. The number of ether oxygens (including phenoxy) is 1. The average molecular weight is 255 g/mol. The maximum absolute atomic E-state index is 5.14. The van der Waals surface area contributed by atoms with Crippen LogP contribution in [0.5, 0.6) is 0 Å². The van der Waals surface area contributed by atoms with E-state index >= 15 is 0 Å². The summed E-state index contributed by atoms with van der Waals surface area (Å²) in [6, 6.07) is 17.1. The first kappa shape index (κ1) is 13.6. The molecule has 2 nitrogen and oxygen atoms in total. The third-order valence-electron chi connectivity index (χ3n) is 3.17.